The number of nitrogens with zero attached hydrogens (tertiary/aromatic N) is 1. The van der Waals surface area contributed by atoms with E-state index < -0.39 is 29.7 Å². The highest BCUT2D eigenvalue weighted by Crippen LogP contribution is 2.33. The highest BCUT2D eigenvalue weighted by atomic mass is 19.4. The monoisotopic (exact) mass is 344 g/mol. The number of aliphatic carboxylic acids is 1. The fourth-order valence-corrected chi connectivity index (χ4v) is 2.90. The van der Waals surface area contributed by atoms with Gasteiger partial charge >= 0.3 is 18.2 Å². The number of alkyl halides is 3. The van der Waals surface area contributed by atoms with E-state index in [4.69, 9.17) is 5.11 Å². The fraction of sp³-hybridized carbons (Fsp3) is 0.500. The molecule has 8 heteroatoms. The molecule has 1 aliphatic heterocycles. The van der Waals surface area contributed by atoms with Crippen molar-refractivity contribution >= 4 is 17.7 Å². The molecule has 5 nitrogen and oxygen atoms in total. The van der Waals surface area contributed by atoms with Crippen LogP contribution in [0.4, 0.5) is 23.7 Å². The van der Waals surface area contributed by atoms with Crippen LogP contribution in [-0.4, -0.2) is 35.1 Å². The van der Waals surface area contributed by atoms with Gasteiger partial charge in [-0.15, -0.1) is 0 Å². The van der Waals surface area contributed by atoms with Crippen LogP contribution < -0.4 is 5.32 Å². The van der Waals surface area contributed by atoms with Crippen molar-refractivity contribution in [3.63, 3.8) is 0 Å². The van der Waals surface area contributed by atoms with Gasteiger partial charge in [-0.05, 0) is 37.0 Å². The van der Waals surface area contributed by atoms with Gasteiger partial charge in [0.05, 0.1) is 11.5 Å². The molecule has 132 valence electrons. The third kappa shape index (κ3) is 4.18. The molecule has 0 aromatic heterocycles. The average molecular weight is 344 g/mol. The molecule has 1 aliphatic rings. The summed E-state index contributed by atoms with van der Waals surface area (Å²) in [6.45, 7) is 3.60. The van der Waals surface area contributed by atoms with Gasteiger partial charge in [0.15, 0.2) is 0 Å². The molecule has 0 radical (unpaired) electrons. The third-order valence-electron chi connectivity index (χ3n) is 4.09. The van der Waals surface area contributed by atoms with E-state index in [0.29, 0.717) is 13.0 Å². The number of halogens is 3. The number of likely N-dealkylation sites (tertiary alicyclic amines) is 1. The lowest BCUT2D eigenvalue weighted by Crippen LogP contribution is -2.47. The van der Waals surface area contributed by atoms with Crippen molar-refractivity contribution in [1.82, 2.24) is 4.90 Å². The zero-order valence-corrected chi connectivity index (χ0v) is 13.4. The van der Waals surface area contributed by atoms with E-state index in [9.17, 15) is 22.8 Å². The molecule has 24 heavy (non-hydrogen) atoms. The van der Waals surface area contributed by atoms with Crippen LogP contribution in [0.5, 0.6) is 0 Å². The fourth-order valence-electron chi connectivity index (χ4n) is 2.90. The second kappa shape index (κ2) is 6.70. The first kappa shape index (κ1) is 18.1. The highest BCUT2D eigenvalue weighted by molar-refractivity contribution is 5.90. The van der Waals surface area contributed by atoms with Crippen LogP contribution in [-0.2, 0) is 11.0 Å². The van der Waals surface area contributed by atoms with Gasteiger partial charge in [0.2, 0.25) is 0 Å². The normalized spacial score (nSPS) is 21.5. The molecule has 0 aliphatic carbocycles. The van der Waals surface area contributed by atoms with Crippen LogP contribution in [0.25, 0.3) is 0 Å². The van der Waals surface area contributed by atoms with Crippen LogP contribution in [0.3, 0.4) is 0 Å². The second-order valence-electron chi connectivity index (χ2n) is 6.24. The van der Waals surface area contributed by atoms with Crippen molar-refractivity contribution in [2.24, 2.45) is 11.8 Å². The summed E-state index contributed by atoms with van der Waals surface area (Å²) in [6.07, 6.45) is -4.03. The van der Waals surface area contributed by atoms with Gasteiger partial charge in [0.1, 0.15) is 0 Å². The molecule has 0 saturated carbocycles. The lowest BCUT2D eigenvalue weighted by Gasteiger charge is -2.34. The van der Waals surface area contributed by atoms with E-state index in [-0.39, 0.29) is 23.7 Å². The maximum absolute atomic E-state index is 12.9. The summed E-state index contributed by atoms with van der Waals surface area (Å²) in [6, 6.07) is 2.97. The largest absolute Gasteiger partial charge is 0.481 e. The molecule has 1 aromatic rings. The Kier molecular flexibility index (Phi) is 5.05. The minimum absolute atomic E-state index is 0.00866. The SMILES string of the molecule is Cc1ccc(NC(=O)N2CC(C)CC(C(=O)O)C2)cc1C(F)(F)F. The maximum Gasteiger partial charge on any atom is 0.416 e. The Bertz CT molecular complexity index is 646. The summed E-state index contributed by atoms with van der Waals surface area (Å²) in [5.41, 5.74) is -0.711. The lowest BCUT2D eigenvalue weighted by molar-refractivity contribution is -0.143. The Labute approximate surface area is 137 Å². The number of anilines is 1. The van der Waals surface area contributed by atoms with E-state index in [1.54, 1.807) is 0 Å². The van der Waals surface area contributed by atoms with Crippen molar-refractivity contribution in [3.05, 3.63) is 29.3 Å². The number of hydrogen-bond acceptors (Lipinski definition) is 2. The van der Waals surface area contributed by atoms with Gasteiger partial charge in [0, 0.05) is 18.8 Å². The van der Waals surface area contributed by atoms with Gasteiger partial charge in [-0.3, -0.25) is 4.79 Å². The first-order valence-electron chi connectivity index (χ1n) is 7.54. The Morgan fingerprint density at radius 3 is 2.54 bits per heavy atom. The number of nitrogens with one attached hydrogen (secondary N) is 1. The topological polar surface area (TPSA) is 69.6 Å². The predicted molar refractivity (Wildman–Crippen MR) is 81.7 cm³/mol. The van der Waals surface area contributed by atoms with Gasteiger partial charge in [-0.25, -0.2) is 4.79 Å². The third-order valence-corrected chi connectivity index (χ3v) is 4.09. The first-order valence-corrected chi connectivity index (χ1v) is 7.54. The molecule has 2 unspecified atom stereocenters. The van der Waals surface area contributed by atoms with Crippen molar-refractivity contribution in [2.45, 2.75) is 26.4 Å². The van der Waals surface area contributed by atoms with Crippen molar-refractivity contribution in [2.75, 3.05) is 18.4 Å². The molecule has 2 atom stereocenters. The van der Waals surface area contributed by atoms with Gasteiger partial charge in [-0.1, -0.05) is 13.0 Å². The lowest BCUT2D eigenvalue weighted by atomic mass is 9.91. The number of carboxylic acids is 1. The number of benzene rings is 1. The van der Waals surface area contributed by atoms with E-state index in [1.807, 2.05) is 6.92 Å². The van der Waals surface area contributed by atoms with Crippen LogP contribution in [0.1, 0.15) is 24.5 Å². The molecule has 1 heterocycles. The van der Waals surface area contributed by atoms with E-state index in [2.05, 4.69) is 5.32 Å². The summed E-state index contributed by atoms with van der Waals surface area (Å²) in [7, 11) is 0. The smallest absolute Gasteiger partial charge is 0.416 e. The number of hydrogen-bond donors (Lipinski definition) is 2. The molecule has 0 bridgehead atoms. The zero-order chi connectivity index (χ0) is 18.1. The molecule has 2 amide bonds. The van der Waals surface area contributed by atoms with Crippen LogP contribution >= 0.6 is 0 Å². The quantitative estimate of drug-likeness (QED) is 0.861. The molecule has 1 fully saturated rings. The standard InChI is InChI=1S/C16H19F3N2O3/c1-9-5-11(14(22)23)8-21(7-9)15(24)20-12-4-3-10(2)13(6-12)16(17,18)19/h3-4,6,9,11H,5,7-8H2,1-2H3,(H,20,24)(H,22,23). The van der Waals surface area contributed by atoms with Crippen LogP contribution in [0, 0.1) is 18.8 Å². The molecule has 0 spiro atoms. The summed E-state index contributed by atoms with van der Waals surface area (Å²) < 4.78 is 38.8. The maximum atomic E-state index is 12.9. The van der Waals surface area contributed by atoms with Gasteiger partial charge in [-0.2, -0.15) is 13.2 Å². The van der Waals surface area contributed by atoms with Crippen LogP contribution in [0.15, 0.2) is 18.2 Å². The Morgan fingerprint density at radius 2 is 1.96 bits per heavy atom. The van der Waals surface area contributed by atoms with Crippen molar-refractivity contribution < 1.29 is 27.9 Å². The number of aryl methyl sites for hydroxylation is 1. The predicted octanol–water partition coefficient (Wildman–Crippen LogP) is 3.59. The van der Waals surface area contributed by atoms with Gasteiger partial charge in [0.25, 0.3) is 0 Å². The Hall–Kier alpha value is -2.25. The van der Waals surface area contributed by atoms with E-state index in [1.165, 1.54) is 24.0 Å². The van der Waals surface area contributed by atoms with Crippen molar-refractivity contribution in [3.8, 4) is 0 Å². The van der Waals surface area contributed by atoms with Gasteiger partial charge < -0.3 is 15.3 Å². The molecule has 2 N–H and O–H groups in total. The Balaban J connectivity index is 2.13. The van der Waals surface area contributed by atoms with Crippen LogP contribution in [0.2, 0.25) is 0 Å². The Morgan fingerprint density at radius 1 is 1.29 bits per heavy atom. The first-order chi connectivity index (χ1) is 11.1. The summed E-state index contributed by atoms with van der Waals surface area (Å²) in [4.78, 5) is 24.7. The molecule has 1 aromatic carbocycles. The zero-order valence-electron chi connectivity index (χ0n) is 13.4. The minimum atomic E-state index is -4.50. The number of urea groups is 1. The minimum Gasteiger partial charge on any atom is -0.481 e. The average Bonchev–Trinajstić information content (AvgIpc) is 2.47. The molecular weight excluding hydrogens is 325 g/mol. The second-order valence-corrected chi connectivity index (χ2v) is 6.24. The number of piperidine rings is 1. The summed E-state index contributed by atoms with van der Waals surface area (Å²) in [5.74, 6) is -1.63. The number of amides is 2. The number of carbonyl (C=O) groups excluding carboxylic acids is 1. The molecular formula is C16H19F3N2O3. The number of rotatable bonds is 2. The highest BCUT2D eigenvalue weighted by Gasteiger charge is 2.34. The van der Waals surface area contributed by atoms with E-state index in [0.717, 1.165) is 6.07 Å². The summed E-state index contributed by atoms with van der Waals surface area (Å²) >= 11 is 0. The van der Waals surface area contributed by atoms with Crippen molar-refractivity contribution in [1.29, 1.82) is 0 Å². The molecule has 1 saturated heterocycles. The number of carboxylic acid groups (broad SMARTS) is 1. The number of carbonyl (C=O) groups is 2. The molecule has 2 rings (SSSR count). The summed E-state index contributed by atoms with van der Waals surface area (Å²) in [5, 5.41) is 11.5. The van der Waals surface area contributed by atoms with E-state index >= 15 is 0 Å².